The topological polar surface area (TPSA) is 127 Å². The van der Waals surface area contributed by atoms with E-state index >= 15 is 0 Å². The molecule has 0 saturated heterocycles. The molecule has 7 heteroatoms. The number of allylic oxidation sites excluding steroid dienone is 1. The van der Waals surface area contributed by atoms with Crippen LogP contribution in [0.4, 0.5) is 0 Å². The number of rotatable bonds is 3. The highest BCUT2D eigenvalue weighted by atomic mass is 16.5. The fourth-order valence-electron chi connectivity index (χ4n) is 11.2. The van der Waals surface area contributed by atoms with Crippen molar-refractivity contribution < 1.29 is 35.1 Å². The molecule has 5 aliphatic carbocycles. The average molecular weight is 535 g/mol. The summed E-state index contributed by atoms with van der Waals surface area (Å²) in [4.78, 5) is 13.4. The molecule has 0 radical (unpaired) electrons. The molecular formula is C31H50O7. The van der Waals surface area contributed by atoms with Gasteiger partial charge in [0.25, 0.3) is 0 Å². The summed E-state index contributed by atoms with van der Waals surface area (Å²) >= 11 is 0. The summed E-state index contributed by atoms with van der Waals surface area (Å²) in [7, 11) is 1.46. The highest BCUT2D eigenvalue weighted by Crippen LogP contribution is 2.76. The zero-order valence-corrected chi connectivity index (χ0v) is 24.2. The molecule has 0 bridgehead atoms. The van der Waals surface area contributed by atoms with Crippen molar-refractivity contribution in [2.75, 3.05) is 20.3 Å². The Morgan fingerprint density at radius 1 is 1.00 bits per heavy atom. The Bertz CT molecular complexity index is 1000. The van der Waals surface area contributed by atoms with Crippen LogP contribution in [0.5, 0.6) is 0 Å². The van der Waals surface area contributed by atoms with Crippen molar-refractivity contribution >= 4 is 5.97 Å². The Kier molecular flexibility index (Phi) is 6.57. The number of hydrogen-bond acceptors (Lipinski definition) is 7. The van der Waals surface area contributed by atoms with Crippen LogP contribution in [0.15, 0.2) is 11.6 Å². The highest BCUT2D eigenvalue weighted by molar-refractivity contribution is 5.79. The van der Waals surface area contributed by atoms with Crippen LogP contribution in [0, 0.1) is 50.7 Å². The second kappa shape index (κ2) is 8.75. The molecule has 0 aromatic carbocycles. The Morgan fingerprint density at radius 3 is 2.26 bits per heavy atom. The smallest absolute Gasteiger partial charge is 0.312 e. The lowest BCUT2D eigenvalue weighted by Crippen LogP contribution is -2.70. The molecule has 216 valence electrons. The summed E-state index contributed by atoms with van der Waals surface area (Å²) in [6.07, 6.45) is 5.84. The fraction of sp³-hybridized carbons (Fsp3) is 0.903. The van der Waals surface area contributed by atoms with E-state index in [9.17, 15) is 30.3 Å². The average Bonchev–Trinajstić information content (AvgIpc) is 2.87. The number of hydrogen-bond donors (Lipinski definition) is 5. The predicted molar refractivity (Wildman–Crippen MR) is 143 cm³/mol. The Morgan fingerprint density at radius 2 is 1.66 bits per heavy atom. The third-order valence-corrected chi connectivity index (χ3v) is 13.8. The number of aliphatic hydroxyl groups excluding tert-OH is 4. The number of fused-ring (bicyclic) bond motifs is 7. The van der Waals surface area contributed by atoms with Crippen LogP contribution >= 0.6 is 0 Å². The summed E-state index contributed by atoms with van der Waals surface area (Å²) in [5.74, 6) is -0.451. The van der Waals surface area contributed by atoms with Crippen molar-refractivity contribution in [3.63, 3.8) is 0 Å². The minimum Gasteiger partial charge on any atom is -0.469 e. The van der Waals surface area contributed by atoms with Crippen LogP contribution in [-0.4, -0.2) is 69.6 Å². The molecule has 4 fully saturated rings. The SMILES string of the molecule is COC(=O)[C@]12CC[C@@H](C)[C@@](C)(O)[C@H]1C1=CC[C@@H]3[C@@]4(C)C[C@@H](O)[C@H](O)C(CO)(CO)[C@@H]4CC[C@@]3(C)[C@]1(C)CC2. The number of ether oxygens (including phenoxy) is 1. The molecular weight excluding hydrogens is 484 g/mol. The van der Waals surface area contributed by atoms with Crippen molar-refractivity contribution in [1.82, 2.24) is 0 Å². The fourth-order valence-corrected chi connectivity index (χ4v) is 11.2. The number of methoxy groups -OCH3 is 1. The molecule has 4 saturated carbocycles. The number of carbonyl (C=O) groups excluding carboxylic acids is 1. The molecule has 0 aromatic heterocycles. The van der Waals surface area contributed by atoms with Gasteiger partial charge in [-0.3, -0.25) is 4.79 Å². The summed E-state index contributed by atoms with van der Waals surface area (Å²) < 4.78 is 5.40. The van der Waals surface area contributed by atoms with Crippen molar-refractivity contribution in [2.45, 2.75) is 104 Å². The lowest BCUT2D eigenvalue weighted by Gasteiger charge is -2.72. The lowest BCUT2D eigenvalue weighted by molar-refractivity contribution is -0.259. The molecule has 0 aromatic rings. The molecule has 0 spiro atoms. The minimum atomic E-state index is -1.17. The van der Waals surface area contributed by atoms with Crippen LogP contribution in [0.1, 0.15) is 86.0 Å². The molecule has 11 atom stereocenters. The molecule has 0 unspecified atom stereocenters. The van der Waals surface area contributed by atoms with Gasteiger partial charge in [-0.15, -0.1) is 0 Å². The van der Waals surface area contributed by atoms with E-state index in [1.165, 1.54) is 12.7 Å². The second-order valence-corrected chi connectivity index (χ2v) is 14.8. The van der Waals surface area contributed by atoms with Crippen molar-refractivity contribution in [3.05, 3.63) is 11.6 Å². The number of esters is 1. The first-order valence-electron chi connectivity index (χ1n) is 14.8. The molecule has 5 N–H and O–H groups in total. The van der Waals surface area contributed by atoms with Gasteiger partial charge in [0.15, 0.2) is 0 Å². The minimum absolute atomic E-state index is 0.0528. The Balaban J connectivity index is 1.65. The van der Waals surface area contributed by atoms with Crippen LogP contribution in [-0.2, 0) is 9.53 Å². The van der Waals surface area contributed by atoms with Gasteiger partial charge < -0.3 is 30.3 Å². The summed E-state index contributed by atoms with van der Waals surface area (Å²) in [6.45, 7) is 10.1. The van der Waals surface area contributed by atoms with Gasteiger partial charge in [-0.2, -0.15) is 0 Å². The second-order valence-electron chi connectivity index (χ2n) is 14.8. The Hall–Kier alpha value is -0.990. The van der Waals surface area contributed by atoms with E-state index in [-0.39, 0.29) is 53.7 Å². The van der Waals surface area contributed by atoms with Gasteiger partial charge in [0, 0.05) is 11.3 Å². The van der Waals surface area contributed by atoms with Crippen LogP contribution in [0.25, 0.3) is 0 Å². The van der Waals surface area contributed by atoms with Gasteiger partial charge in [0.2, 0.25) is 0 Å². The van der Waals surface area contributed by atoms with Crippen LogP contribution < -0.4 is 0 Å². The van der Waals surface area contributed by atoms with Gasteiger partial charge in [-0.05, 0) is 92.3 Å². The third kappa shape index (κ3) is 3.17. The zero-order valence-electron chi connectivity index (χ0n) is 24.2. The maximum atomic E-state index is 13.4. The summed E-state index contributed by atoms with van der Waals surface area (Å²) in [5, 5.41) is 55.1. The maximum Gasteiger partial charge on any atom is 0.312 e. The zero-order chi connectivity index (χ0) is 28.1. The van der Waals surface area contributed by atoms with Crippen LogP contribution in [0.2, 0.25) is 0 Å². The maximum absolute atomic E-state index is 13.4. The van der Waals surface area contributed by atoms with E-state index in [0.29, 0.717) is 19.3 Å². The van der Waals surface area contributed by atoms with E-state index in [4.69, 9.17) is 4.74 Å². The van der Waals surface area contributed by atoms with Crippen molar-refractivity contribution in [3.8, 4) is 0 Å². The molecule has 5 aliphatic rings. The monoisotopic (exact) mass is 534 g/mol. The quantitative estimate of drug-likeness (QED) is 0.278. The highest BCUT2D eigenvalue weighted by Gasteiger charge is 2.72. The van der Waals surface area contributed by atoms with Crippen LogP contribution in [0.3, 0.4) is 0 Å². The third-order valence-electron chi connectivity index (χ3n) is 13.8. The molecule has 0 amide bonds. The number of carbonyl (C=O) groups is 1. The first kappa shape index (κ1) is 28.5. The molecule has 5 rings (SSSR count). The van der Waals surface area contributed by atoms with E-state index in [2.05, 4.69) is 33.8 Å². The van der Waals surface area contributed by atoms with E-state index < -0.39 is 34.1 Å². The van der Waals surface area contributed by atoms with E-state index in [0.717, 1.165) is 32.1 Å². The lowest BCUT2D eigenvalue weighted by atomic mass is 9.32. The Labute approximate surface area is 227 Å². The van der Waals surface area contributed by atoms with Gasteiger partial charge >= 0.3 is 5.97 Å². The first-order chi connectivity index (χ1) is 17.7. The normalized spacial score (nSPS) is 53.5. The molecule has 0 heterocycles. The largest absolute Gasteiger partial charge is 0.469 e. The first-order valence-corrected chi connectivity index (χ1v) is 14.8. The standard InChI is InChI=1S/C31H50O7/c1-18-9-12-30(25(36)38-6)14-13-27(3)19(23(30)29(18,5)37)7-8-21-26(2)15-20(34)24(35)31(16-32,17-33)22(26)10-11-28(21,27)4/h7,18,20-24,32-35,37H,8-17H2,1-6H3/t18-,20-,21-,22-,23-,24+,26-,27-,28-,29-,30+/m1/s1. The van der Waals surface area contributed by atoms with Gasteiger partial charge in [-0.25, -0.2) is 0 Å². The predicted octanol–water partition coefficient (Wildman–Crippen LogP) is 3.21. The van der Waals surface area contributed by atoms with Crippen molar-refractivity contribution in [2.24, 2.45) is 50.7 Å². The van der Waals surface area contributed by atoms with Crippen molar-refractivity contribution in [1.29, 1.82) is 0 Å². The van der Waals surface area contributed by atoms with E-state index in [1.807, 2.05) is 6.92 Å². The van der Waals surface area contributed by atoms with Gasteiger partial charge in [-0.1, -0.05) is 39.3 Å². The van der Waals surface area contributed by atoms with Gasteiger partial charge in [0.05, 0.1) is 43.5 Å². The number of aliphatic hydroxyl groups is 5. The van der Waals surface area contributed by atoms with E-state index in [1.54, 1.807) is 0 Å². The molecule has 0 aliphatic heterocycles. The van der Waals surface area contributed by atoms with Gasteiger partial charge in [0.1, 0.15) is 0 Å². The summed E-state index contributed by atoms with van der Waals surface area (Å²) in [5.41, 5.74) is -2.57. The molecule has 7 nitrogen and oxygen atoms in total. The summed E-state index contributed by atoms with van der Waals surface area (Å²) in [6, 6.07) is 0. The molecule has 38 heavy (non-hydrogen) atoms.